The maximum absolute atomic E-state index is 16.3. The van der Waals surface area contributed by atoms with E-state index >= 15 is 8.78 Å². The first-order chi connectivity index (χ1) is 20.1. The molecule has 8 nitrogen and oxygen atoms in total. The fourth-order valence-electron chi connectivity index (χ4n) is 6.67. The van der Waals surface area contributed by atoms with Gasteiger partial charge in [-0.25, -0.2) is 26.6 Å². The van der Waals surface area contributed by atoms with E-state index in [1.807, 2.05) is 4.90 Å². The van der Waals surface area contributed by atoms with Crippen LogP contribution in [0.4, 0.5) is 18.0 Å². The number of sulfonamides is 1. The number of carbonyl (C=O) groups is 1. The molecule has 234 valence electrons. The third kappa shape index (κ3) is 5.64. The van der Waals surface area contributed by atoms with Crippen LogP contribution in [0.15, 0.2) is 36.4 Å². The average Bonchev–Trinajstić information content (AvgIpc) is 3.18. The Kier molecular flexibility index (Phi) is 8.11. The zero-order valence-electron chi connectivity index (χ0n) is 25.3. The Bertz CT molecular complexity index is 1640. The molecule has 2 aliphatic heterocycles. The van der Waals surface area contributed by atoms with Gasteiger partial charge in [0.05, 0.1) is 29.7 Å². The Balaban J connectivity index is 1.69. The number of halogens is 3. The summed E-state index contributed by atoms with van der Waals surface area (Å²) in [6.07, 6.45) is 0.497. The minimum Gasteiger partial charge on any atom is -0.488 e. The molecule has 2 aliphatic rings. The lowest BCUT2D eigenvalue weighted by atomic mass is 9.79. The SMILES string of the molecule is C[C@@H]1Cc2c(n(C(=O)OC(C)(C)C)c3ccccc23)[C@](C)(c2c(F)cc(OC3CN(CCCF)C3)cc2F)N1S(C)(=O)=O. The minimum atomic E-state index is -4.09. The van der Waals surface area contributed by atoms with E-state index in [1.165, 1.54) is 11.5 Å². The number of fused-ring (bicyclic) bond motifs is 3. The van der Waals surface area contributed by atoms with Crippen LogP contribution in [-0.2, 0) is 26.7 Å². The Morgan fingerprint density at radius 2 is 1.74 bits per heavy atom. The smallest absolute Gasteiger partial charge is 0.419 e. The van der Waals surface area contributed by atoms with Crippen LogP contribution in [0.5, 0.6) is 5.75 Å². The largest absolute Gasteiger partial charge is 0.488 e. The van der Waals surface area contributed by atoms with E-state index in [1.54, 1.807) is 52.0 Å². The van der Waals surface area contributed by atoms with Gasteiger partial charge in [-0.2, -0.15) is 4.31 Å². The van der Waals surface area contributed by atoms with Crippen molar-refractivity contribution in [2.24, 2.45) is 0 Å². The number of ether oxygens (including phenoxy) is 2. The van der Waals surface area contributed by atoms with Crippen molar-refractivity contribution in [1.82, 2.24) is 13.8 Å². The van der Waals surface area contributed by atoms with Crippen molar-refractivity contribution in [2.45, 2.75) is 70.7 Å². The highest BCUT2D eigenvalue weighted by Crippen LogP contribution is 2.50. The van der Waals surface area contributed by atoms with Crippen LogP contribution in [0.2, 0.25) is 0 Å². The lowest BCUT2D eigenvalue weighted by Gasteiger charge is -2.47. The van der Waals surface area contributed by atoms with Gasteiger partial charge in [0.15, 0.2) is 0 Å². The molecule has 1 saturated heterocycles. The highest BCUT2D eigenvalue weighted by atomic mass is 32.2. The number of rotatable bonds is 7. The summed E-state index contributed by atoms with van der Waals surface area (Å²) in [4.78, 5) is 15.8. The summed E-state index contributed by atoms with van der Waals surface area (Å²) in [5.74, 6) is -2.07. The number of carbonyl (C=O) groups excluding carboxylic acids is 1. The first-order valence-corrected chi connectivity index (χ1v) is 16.2. The van der Waals surface area contributed by atoms with Gasteiger partial charge >= 0.3 is 6.09 Å². The fraction of sp³-hybridized carbons (Fsp3) is 0.516. The van der Waals surface area contributed by atoms with Crippen LogP contribution in [0, 0.1) is 11.6 Å². The Morgan fingerprint density at radius 3 is 2.33 bits per heavy atom. The first kappa shape index (κ1) is 31.3. The molecule has 1 fully saturated rings. The van der Waals surface area contributed by atoms with Crippen molar-refractivity contribution < 1.29 is 35.9 Å². The van der Waals surface area contributed by atoms with Gasteiger partial charge in [0.1, 0.15) is 34.6 Å². The molecule has 0 saturated carbocycles. The molecule has 0 N–H and O–H groups in total. The second kappa shape index (κ2) is 11.1. The molecular formula is C31H38F3N3O5S. The Morgan fingerprint density at radius 1 is 1.12 bits per heavy atom. The summed E-state index contributed by atoms with van der Waals surface area (Å²) < 4.78 is 85.7. The molecule has 2 aromatic carbocycles. The van der Waals surface area contributed by atoms with E-state index < -0.39 is 57.2 Å². The van der Waals surface area contributed by atoms with E-state index in [-0.39, 0.29) is 24.0 Å². The minimum absolute atomic E-state index is 0.0415. The fourth-order valence-corrected chi connectivity index (χ4v) is 8.24. The van der Waals surface area contributed by atoms with Crippen LogP contribution in [0.3, 0.4) is 0 Å². The van der Waals surface area contributed by atoms with Gasteiger partial charge in [0.25, 0.3) is 0 Å². The lowest BCUT2D eigenvalue weighted by molar-refractivity contribution is 0.0180. The van der Waals surface area contributed by atoms with Crippen molar-refractivity contribution in [3.8, 4) is 5.75 Å². The summed E-state index contributed by atoms with van der Waals surface area (Å²) >= 11 is 0. The molecule has 3 heterocycles. The summed E-state index contributed by atoms with van der Waals surface area (Å²) in [7, 11) is -4.09. The van der Waals surface area contributed by atoms with Crippen LogP contribution in [-0.4, -0.2) is 78.6 Å². The molecule has 5 rings (SSSR count). The highest BCUT2D eigenvalue weighted by Gasteiger charge is 2.54. The van der Waals surface area contributed by atoms with Gasteiger partial charge < -0.3 is 9.47 Å². The zero-order valence-corrected chi connectivity index (χ0v) is 26.1. The Labute approximate surface area is 250 Å². The van der Waals surface area contributed by atoms with Crippen molar-refractivity contribution in [3.63, 3.8) is 0 Å². The molecule has 0 bridgehead atoms. The highest BCUT2D eigenvalue weighted by molar-refractivity contribution is 7.88. The molecule has 0 spiro atoms. The lowest BCUT2D eigenvalue weighted by Crippen LogP contribution is -2.57. The van der Waals surface area contributed by atoms with Gasteiger partial charge in [0.2, 0.25) is 10.0 Å². The third-order valence-corrected chi connectivity index (χ3v) is 9.49. The number of aromatic nitrogens is 1. The monoisotopic (exact) mass is 621 g/mol. The number of likely N-dealkylation sites (tertiary alicyclic amines) is 1. The number of alkyl halides is 1. The number of para-hydroxylation sites is 1. The van der Waals surface area contributed by atoms with Crippen molar-refractivity contribution in [1.29, 1.82) is 0 Å². The van der Waals surface area contributed by atoms with Gasteiger partial charge in [-0.05, 0) is 59.1 Å². The van der Waals surface area contributed by atoms with Crippen molar-refractivity contribution >= 4 is 27.0 Å². The molecule has 2 atom stereocenters. The zero-order chi connectivity index (χ0) is 31.5. The molecule has 0 aliphatic carbocycles. The van der Waals surface area contributed by atoms with Gasteiger partial charge in [-0.15, -0.1) is 0 Å². The van der Waals surface area contributed by atoms with E-state index in [4.69, 9.17) is 9.47 Å². The van der Waals surface area contributed by atoms with Gasteiger partial charge in [-0.3, -0.25) is 9.29 Å². The number of hydrogen-bond acceptors (Lipinski definition) is 6. The van der Waals surface area contributed by atoms with E-state index in [2.05, 4.69) is 0 Å². The van der Waals surface area contributed by atoms with E-state index in [0.717, 1.165) is 22.7 Å². The molecule has 3 aromatic rings. The molecule has 43 heavy (non-hydrogen) atoms. The maximum Gasteiger partial charge on any atom is 0.419 e. The predicted octanol–water partition coefficient (Wildman–Crippen LogP) is 5.60. The average molecular weight is 622 g/mol. The van der Waals surface area contributed by atoms with Crippen LogP contribution in [0.1, 0.15) is 57.9 Å². The summed E-state index contributed by atoms with van der Waals surface area (Å²) in [5.41, 5.74) is -2.23. The second-order valence-corrected chi connectivity index (χ2v) is 14.5. The van der Waals surface area contributed by atoms with Crippen LogP contribution in [0.25, 0.3) is 10.9 Å². The Hall–Kier alpha value is -3.09. The number of nitrogens with zero attached hydrogens (tertiary/aromatic N) is 3. The van der Waals surface area contributed by atoms with Crippen molar-refractivity contribution in [2.75, 3.05) is 32.6 Å². The number of hydrogen-bond donors (Lipinski definition) is 0. The number of benzene rings is 2. The van der Waals surface area contributed by atoms with Crippen molar-refractivity contribution in [3.05, 3.63) is 64.9 Å². The standard InChI is InChI=1S/C31H38F3N3O5S/c1-19-14-23-22-10-7-8-11-26(22)36(29(38)42-30(2,3)4)28(23)31(5,37(19)43(6,39)40)27-24(33)15-20(16-25(27)34)41-21-17-35(18-21)13-9-12-32/h7-8,10-11,15-16,19,21H,9,12-14,17-18H2,1-6H3/t19-,31+/m1/s1. The molecule has 0 unspecified atom stereocenters. The molecular weight excluding hydrogens is 583 g/mol. The van der Waals surface area contributed by atoms with Crippen LogP contribution < -0.4 is 4.74 Å². The van der Waals surface area contributed by atoms with E-state index in [9.17, 15) is 17.6 Å². The quantitative estimate of drug-likeness (QED) is 0.342. The van der Waals surface area contributed by atoms with Gasteiger partial charge in [0, 0.05) is 43.2 Å². The maximum atomic E-state index is 16.3. The topological polar surface area (TPSA) is 81.1 Å². The second-order valence-electron chi connectivity index (χ2n) is 12.6. The predicted molar refractivity (Wildman–Crippen MR) is 158 cm³/mol. The first-order valence-electron chi connectivity index (χ1n) is 14.4. The van der Waals surface area contributed by atoms with Gasteiger partial charge in [-0.1, -0.05) is 18.2 Å². The molecule has 12 heteroatoms. The summed E-state index contributed by atoms with van der Waals surface area (Å²) in [6, 6.07) is 8.42. The molecule has 1 aromatic heterocycles. The molecule has 0 radical (unpaired) electrons. The third-order valence-electron chi connectivity index (χ3n) is 8.05. The normalized spacial score (nSPS) is 21.9. The van der Waals surface area contributed by atoms with Crippen LogP contribution >= 0.6 is 0 Å². The summed E-state index contributed by atoms with van der Waals surface area (Å²) in [5, 5.41) is 0.664. The van der Waals surface area contributed by atoms with E-state index in [0.29, 0.717) is 42.5 Å². The molecule has 0 amide bonds. The summed E-state index contributed by atoms with van der Waals surface area (Å²) in [6.45, 7) is 9.37.